The summed E-state index contributed by atoms with van der Waals surface area (Å²) >= 11 is 2.24. The van der Waals surface area contributed by atoms with E-state index in [1.807, 2.05) is 18.2 Å². The molecule has 0 aliphatic rings. The smallest absolute Gasteiger partial charge is 0.235 e. The number of rotatable bonds is 5. The molecule has 5 heteroatoms. The van der Waals surface area contributed by atoms with Crippen LogP contribution in [0.2, 0.25) is 0 Å². The van der Waals surface area contributed by atoms with Crippen LogP contribution in [0.25, 0.3) is 0 Å². The number of hydrogen-bond acceptors (Lipinski definition) is 3. The van der Waals surface area contributed by atoms with Gasteiger partial charge in [0.2, 0.25) is 12.0 Å². The molecule has 0 saturated heterocycles. The molecule has 0 aliphatic heterocycles. The lowest BCUT2D eigenvalue weighted by Crippen LogP contribution is -2.22. The average molecular weight is 344 g/mol. The monoisotopic (exact) mass is 344 g/mol. The molecule has 0 fully saturated rings. The van der Waals surface area contributed by atoms with E-state index in [4.69, 9.17) is 0 Å². The normalized spacial score (nSPS) is 9.53. The summed E-state index contributed by atoms with van der Waals surface area (Å²) in [6.45, 7) is 2.51. The Balaban J connectivity index is 2.62. The van der Waals surface area contributed by atoms with E-state index in [0.717, 1.165) is 15.6 Å². The molecule has 0 aromatic heterocycles. The second-order valence-electron chi connectivity index (χ2n) is 3.57. The Morgan fingerprint density at radius 2 is 2.29 bits per heavy atom. The van der Waals surface area contributed by atoms with Crippen LogP contribution in [0.3, 0.4) is 0 Å². The predicted molar refractivity (Wildman–Crippen MR) is 73.4 cm³/mol. The molecule has 0 unspecified atom stereocenters. The van der Waals surface area contributed by atoms with Gasteiger partial charge in [0.1, 0.15) is 0 Å². The molecule has 0 atom stereocenters. The van der Waals surface area contributed by atoms with Crippen molar-refractivity contribution in [1.82, 2.24) is 5.32 Å². The van der Waals surface area contributed by atoms with Gasteiger partial charge in [-0.3, -0.25) is 4.79 Å². The highest BCUT2D eigenvalue weighted by Gasteiger charge is 2.02. The average Bonchev–Trinajstić information content (AvgIpc) is 2.28. The van der Waals surface area contributed by atoms with Crippen LogP contribution in [0, 0.1) is 3.57 Å². The number of benzene rings is 1. The summed E-state index contributed by atoms with van der Waals surface area (Å²) in [5.41, 5.74) is 2.17. The van der Waals surface area contributed by atoms with Crippen LogP contribution in [0.4, 0.5) is 0 Å². The number of aliphatic imine (C=N–C) groups is 1. The highest BCUT2D eigenvalue weighted by molar-refractivity contribution is 14.1. The summed E-state index contributed by atoms with van der Waals surface area (Å²) in [5, 5.41) is 2.76. The zero-order valence-electron chi connectivity index (χ0n) is 9.50. The van der Waals surface area contributed by atoms with Crippen LogP contribution in [0.15, 0.2) is 23.2 Å². The minimum absolute atomic E-state index is 0.0167. The molecule has 0 bridgehead atoms. The van der Waals surface area contributed by atoms with Gasteiger partial charge >= 0.3 is 0 Å². The van der Waals surface area contributed by atoms with Crippen molar-refractivity contribution in [2.24, 2.45) is 4.99 Å². The van der Waals surface area contributed by atoms with Gasteiger partial charge in [0, 0.05) is 17.0 Å². The van der Waals surface area contributed by atoms with Crippen molar-refractivity contribution in [2.45, 2.75) is 19.9 Å². The highest BCUT2D eigenvalue weighted by atomic mass is 127. The van der Waals surface area contributed by atoms with E-state index in [1.165, 1.54) is 18.6 Å². The fourth-order valence-electron chi connectivity index (χ4n) is 1.39. The van der Waals surface area contributed by atoms with E-state index in [1.54, 1.807) is 0 Å². The summed E-state index contributed by atoms with van der Waals surface area (Å²) in [4.78, 5) is 24.3. The second kappa shape index (κ2) is 7.19. The summed E-state index contributed by atoms with van der Waals surface area (Å²) in [5.74, 6) is -0.0167. The fourth-order valence-corrected chi connectivity index (χ4v) is 2.24. The Bertz CT molecular complexity index is 454. The predicted octanol–water partition coefficient (Wildman–Crippen LogP) is 1.81. The third-order valence-corrected chi connectivity index (χ3v) is 3.22. The quantitative estimate of drug-likeness (QED) is 0.503. The van der Waals surface area contributed by atoms with Crippen molar-refractivity contribution in [2.75, 3.05) is 6.54 Å². The maximum atomic E-state index is 10.7. The summed E-state index contributed by atoms with van der Waals surface area (Å²) in [6, 6.07) is 5.93. The van der Waals surface area contributed by atoms with Crippen molar-refractivity contribution in [3.05, 3.63) is 32.9 Å². The molecule has 90 valence electrons. The molecule has 17 heavy (non-hydrogen) atoms. The van der Waals surface area contributed by atoms with E-state index >= 15 is 0 Å². The minimum Gasteiger partial charge on any atom is -0.356 e. The number of carbonyl (C=O) groups excluding carboxylic acids is 2. The zero-order valence-corrected chi connectivity index (χ0v) is 11.7. The first-order valence-corrected chi connectivity index (χ1v) is 6.26. The summed E-state index contributed by atoms with van der Waals surface area (Å²) in [6.07, 6.45) is 2.32. The Hall–Kier alpha value is -1.20. The molecule has 4 nitrogen and oxygen atoms in total. The Labute approximate surface area is 114 Å². The zero-order chi connectivity index (χ0) is 12.7. The van der Waals surface area contributed by atoms with Gasteiger partial charge in [-0.25, -0.2) is 9.79 Å². The lowest BCUT2D eigenvalue weighted by molar-refractivity contribution is -0.118. The number of isocyanates is 1. The molecule has 0 aliphatic carbocycles. The maximum Gasteiger partial charge on any atom is 0.235 e. The van der Waals surface area contributed by atoms with Crippen LogP contribution >= 0.6 is 22.6 Å². The van der Waals surface area contributed by atoms with Gasteiger partial charge in [0.25, 0.3) is 0 Å². The van der Waals surface area contributed by atoms with Crippen LogP contribution in [-0.2, 0) is 22.6 Å². The van der Waals surface area contributed by atoms with Crippen LogP contribution in [-0.4, -0.2) is 18.5 Å². The van der Waals surface area contributed by atoms with Gasteiger partial charge in [0.15, 0.2) is 0 Å². The van der Waals surface area contributed by atoms with E-state index in [0.29, 0.717) is 13.1 Å². The first-order valence-electron chi connectivity index (χ1n) is 5.19. The number of nitrogens with one attached hydrogen (secondary N) is 1. The molecule has 0 heterocycles. The van der Waals surface area contributed by atoms with Crippen molar-refractivity contribution in [1.29, 1.82) is 0 Å². The number of halogens is 1. The van der Waals surface area contributed by atoms with Crippen molar-refractivity contribution in [3.8, 4) is 0 Å². The van der Waals surface area contributed by atoms with E-state index < -0.39 is 0 Å². The van der Waals surface area contributed by atoms with E-state index in [-0.39, 0.29) is 5.91 Å². The first kappa shape index (κ1) is 13.9. The lowest BCUT2D eigenvalue weighted by Gasteiger charge is -2.06. The van der Waals surface area contributed by atoms with E-state index in [9.17, 15) is 9.59 Å². The maximum absolute atomic E-state index is 10.7. The molecule has 1 amide bonds. The molecule has 0 saturated carbocycles. The highest BCUT2D eigenvalue weighted by Crippen LogP contribution is 2.15. The SMILES string of the molecule is CC(=O)NCCc1ccc(CN=C=O)cc1I. The molecule has 1 aromatic rings. The Morgan fingerprint density at radius 3 is 2.88 bits per heavy atom. The van der Waals surface area contributed by atoms with Gasteiger partial charge in [-0.2, -0.15) is 0 Å². The molecular weight excluding hydrogens is 331 g/mol. The fraction of sp³-hybridized carbons (Fsp3) is 0.333. The number of amides is 1. The van der Waals surface area contributed by atoms with E-state index in [2.05, 4.69) is 32.9 Å². The Morgan fingerprint density at radius 1 is 1.53 bits per heavy atom. The minimum atomic E-state index is -0.0167. The van der Waals surface area contributed by atoms with Crippen LogP contribution < -0.4 is 5.32 Å². The number of carbonyl (C=O) groups is 1. The van der Waals surface area contributed by atoms with Gasteiger partial charge in [-0.15, -0.1) is 0 Å². The third-order valence-electron chi connectivity index (χ3n) is 2.21. The molecule has 1 N–H and O–H groups in total. The Kier molecular flexibility index (Phi) is 5.86. The van der Waals surface area contributed by atoms with Gasteiger partial charge < -0.3 is 5.32 Å². The topological polar surface area (TPSA) is 58.5 Å². The molecule has 1 aromatic carbocycles. The number of nitrogens with zero attached hydrogens (tertiary/aromatic N) is 1. The molecular formula is C12H13IN2O2. The molecule has 1 rings (SSSR count). The summed E-state index contributed by atoms with van der Waals surface area (Å²) in [7, 11) is 0. The van der Waals surface area contributed by atoms with Crippen LogP contribution in [0.1, 0.15) is 18.1 Å². The first-order chi connectivity index (χ1) is 8.13. The van der Waals surface area contributed by atoms with Gasteiger partial charge in [0.05, 0.1) is 6.54 Å². The largest absolute Gasteiger partial charge is 0.356 e. The number of hydrogen-bond donors (Lipinski definition) is 1. The van der Waals surface area contributed by atoms with Crippen molar-refractivity contribution >= 4 is 34.6 Å². The lowest BCUT2D eigenvalue weighted by atomic mass is 10.1. The molecule has 0 radical (unpaired) electrons. The van der Waals surface area contributed by atoms with Crippen molar-refractivity contribution < 1.29 is 9.59 Å². The third kappa shape index (κ3) is 5.10. The summed E-state index contributed by atoms with van der Waals surface area (Å²) < 4.78 is 1.12. The second-order valence-corrected chi connectivity index (χ2v) is 4.73. The standard InChI is InChI=1S/C12H13IN2O2/c1-9(17)15-5-4-11-3-2-10(6-12(11)13)7-14-8-16/h2-3,6H,4-5,7H2,1H3,(H,15,17). The van der Waals surface area contributed by atoms with Crippen LogP contribution in [0.5, 0.6) is 0 Å². The van der Waals surface area contributed by atoms with Crippen molar-refractivity contribution in [3.63, 3.8) is 0 Å². The van der Waals surface area contributed by atoms with Gasteiger partial charge in [-0.05, 0) is 46.2 Å². The molecule has 0 spiro atoms. The van der Waals surface area contributed by atoms with Gasteiger partial charge in [-0.1, -0.05) is 12.1 Å².